The van der Waals surface area contributed by atoms with Crippen molar-refractivity contribution < 1.29 is 19.6 Å². The van der Waals surface area contributed by atoms with Crippen LogP contribution in [0.15, 0.2) is 42.5 Å². The van der Waals surface area contributed by atoms with E-state index in [1.807, 2.05) is 44.2 Å². The fourth-order valence-electron chi connectivity index (χ4n) is 1.51. The van der Waals surface area contributed by atoms with Gasteiger partial charge in [-0.1, -0.05) is 44.2 Å². The Bertz CT molecular complexity index is 683. The molecule has 6 nitrogen and oxygen atoms in total. The number of rotatable bonds is 4. The van der Waals surface area contributed by atoms with Crippen molar-refractivity contribution in [2.75, 3.05) is 0 Å². The van der Waals surface area contributed by atoms with E-state index in [2.05, 4.69) is 12.1 Å². The number of Topliss-reactive ketones (excluding diaryl/α,β-unsaturated/α-hetero) is 1. The number of ketones is 1. The predicted octanol–water partition coefficient (Wildman–Crippen LogP) is 3.26. The molecule has 0 saturated heterocycles. The zero-order valence-electron chi connectivity index (χ0n) is 14.8. The third kappa shape index (κ3) is 7.73. The summed E-state index contributed by atoms with van der Waals surface area (Å²) in [5, 5.41) is 7.95. The van der Waals surface area contributed by atoms with Crippen LogP contribution in [-0.4, -0.2) is 22.8 Å². The van der Waals surface area contributed by atoms with Gasteiger partial charge in [0.25, 0.3) is 5.91 Å². The first-order valence-corrected chi connectivity index (χ1v) is 8.58. The van der Waals surface area contributed by atoms with Gasteiger partial charge in [-0.3, -0.25) is 19.6 Å². The number of hydrogen-bond acceptors (Lipinski definition) is 5. The molecule has 0 aliphatic carbocycles. The molecule has 2 rings (SSSR count). The molecule has 0 saturated carbocycles. The van der Waals surface area contributed by atoms with Crippen LogP contribution in [0, 0.1) is 5.92 Å². The van der Waals surface area contributed by atoms with Gasteiger partial charge in [-0.25, -0.2) is 5.48 Å². The maximum absolute atomic E-state index is 11.1. The highest BCUT2D eigenvalue weighted by Gasteiger charge is 2.16. The first-order chi connectivity index (χ1) is 11.9. The third-order valence-corrected chi connectivity index (χ3v) is 4.18. The molecule has 1 heterocycles. The Labute approximate surface area is 151 Å². The number of nitrogens with two attached hydrogens (primary N) is 1. The molecule has 0 bridgehead atoms. The van der Waals surface area contributed by atoms with E-state index in [9.17, 15) is 14.4 Å². The largest absolute Gasteiger partial charge is 0.369 e. The van der Waals surface area contributed by atoms with Gasteiger partial charge in [0.2, 0.25) is 5.91 Å². The van der Waals surface area contributed by atoms with Gasteiger partial charge in [-0.2, -0.15) is 0 Å². The second-order valence-corrected chi connectivity index (χ2v) is 5.77. The molecule has 0 aliphatic rings. The lowest BCUT2D eigenvalue weighted by Gasteiger charge is -2.01. The van der Waals surface area contributed by atoms with E-state index in [1.165, 1.54) is 18.0 Å². The first kappa shape index (κ1) is 22.5. The highest BCUT2D eigenvalue weighted by atomic mass is 32.1. The van der Waals surface area contributed by atoms with E-state index in [0.29, 0.717) is 0 Å². The first-order valence-electron chi connectivity index (χ1n) is 7.76. The van der Waals surface area contributed by atoms with Gasteiger partial charge in [-0.05, 0) is 31.5 Å². The SMILES string of the molecule is CC.CC(=O)c1ccc(-c2ccccc2)s1.CC(C(N)=O)C(=O)NO. The van der Waals surface area contributed by atoms with E-state index in [4.69, 9.17) is 10.9 Å². The van der Waals surface area contributed by atoms with Crippen LogP contribution in [0.4, 0.5) is 0 Å². The van der Waals surface area contributed by atoms with Crippen molar-refractivity contribution in [1.29, 1.82) is 0 Å². The average molecular weight is 364 g/mol. The lowest BCUT2D eigenvalue weighted by Crippen LogP contribution is -2.35. The van der Waals surface area contributed by atoms with Crippen molar-refractivity contribution in [1.82, 2.24) is 5.48 Å². The summed E-state index contributed by atoms with van der Waals surface area (Å²) in [7, 11) is 0. The highest BCUT2D eigenvalue weighted by Crippen LogP contribution is 2.27. The normalized spacial score (nSPS) is 10.3. The molecule has 2 amide bonds. The van der Waals surface area contributed by atoms with Gasteiger partial charge >= 0.3 is 0 Å². The molecule has 1 unspecified atom stereocenters. The number of primary amides is 1. The Morgan fingerprint density at radius 3 is 2.00 bits per heavy atom. The molecule has 1 atom stereocenters. The van der Waals surface area contributed by atoms with Crippen LogP contribution >= 0.6 is 11.3 Å². The molecule has 4 N–H and O–H groups in total. The minimum atomic E-state index is -0.977. The summed E-state index contributed by atoms with van der Waals surface area (Å²) < 4.78 is 0. The minimum Gasteiger partial charge on any atom is -0.369 e. The molecule has 1 aromatic heterocycles. The third-order valence-electron chi connectivity index (χ3n) is 2.94. The number of carbonyl (C=O) groups excluding carboxylic acids is 3. The summed E-state index contributed by atoms with van der Waals surface area (Å²) in [6.07, 6.45) is 0. The van der Waals surface area contributed by atoms with Gasteiger partial charge in [0.1, 0.15) is 5.92 Å². The summed E-state index contributed by atoms with van der Waals surface area (Å²) in [6, 6.07) is 14.0. The Balaban J connectivity index is 0.000000458. The molecule has 0 aliphatic heterocycles. The van der Waals surface area contributed by atoms with Crippen LogP contribution in [-0.2, 0) is 9.59 Å². The summed E-state index contributed by atoms with van der Waals surface area (Å²) in [5.74, 6) is -2.39. The molecule has 2 aromatic rings. The van der Waals surface area contributed by atoms with Crippen molar-refractivity contribution in [3.05, 3.63) is 47.3 Å². The van der Waals surface area contributed by atoms with Crippen molar-refractivity contribution in [3.63, 3.8) is 0 Å². The number of hydroxylamine groups is 1. The molecule has 1 aromatic carbocycles. The molecule has 136 valence electrons. The number of carbonyl (C=O) groups is 3. The minimum absolute atomic E-state index is 0.136. The number of benzene rings is 1. The molecule has 25 heavy (non-hydrogen) atoms. The second-order valence-electron chi connectivity index (χ2n) is 4.69. The van der Waals surface area contributed by atoms with E-state index < -0.39 is 17.7 Å². The summed E-state index contributed by atoms with van der Waals surface area (Å²) in [4.78, 5) is 33.5. The molecular formula is C18H24N2O4S. The van der Waals surface area contributed by atoms with Gasteiger partial charge < -0.3 is 5.73 Å². The van der Waals surface area contributed by atoms with Crippen molar-refractivity contribution in [3.8, 4) is 10.4 Å². The quantitative estimate of drug-likeness (QED) is 0.335. The number of thiophene rings is 1. The highest BCUT2D eigenvalue weighted by molar-refractivity contribution is 7.17. The van der Waals surface area contributed by atoms with Crippen LogP contribution in [0.1, 0.15) is 37.4 Å². The fourth-order valence-corrected chi connectivity index (χ4v) is 2.42. The smallest absolute Gasteiger partial charge is 0.255 e. The molecule has 0 fully saturated rings. The van der Waals surface area contributed by atoms with Crippen LogP contribution in [0.2, 0.25) is 0 Å². The number of nitrogens with one attached hydrogen (secondary N) is 1. The zero-order chi connectivity index (χ0) is 19.4. The summed E-state index contributed by atoms with van der Waals surface area (Å²) in [5.41, 5.74) is 7.18. The Kier molecular flexibility index (Phi) is 10.7. The van der Waals surface area contributed by atoms with Crippen molar-refractivity contribution in [2.24, 2.45) is 11.7 Å². The van der Waals surface area contributed by atoms with Crippen molar-refractivity contribution in [2.45, 2.75) is 27.7 Å². The standard InChI is InChI=1S/C12H10OS.C4H8N2O3.C2H6/c1-9(13)11-7-8-12(14-11)10-5-3-2-4-6-10;1-2(3(5)7)4(8)6-9;1-2/h2-8H,1H3;2,9H,1H3,(H2,5,7)(H,6,8);1-2H3. The van der Waals surface area contributed by atoms with E-state index >= 15 is 0 Å². The lowest BCUT2D eigenvalue weighted by molar-refractivity contribution is -0.138. The topological polar surface area (TPSA) is 109 Å². The average Bonchev–Trinajstić information content (AvgIpc) is 3.14. The number of hydrogen-bond donors (Lipinski definition) is 3. The monoisotopic (exact) mass is 364 g/mol. The second kappa shape index (κ2) is 11.9. The molecule has 7 heteroatoms. The zero-order valence-corrected chi connectivity index (χ0v) is 15.6. The molecular weight excluding hydrogens is 340 g/mol. The number of amides is 2. The summed E-state index contributed by atoms with van der Waals surface area (Å²) >= 11 is 1.54. The molecule has 0 spiro atoms. The van der Waals surface area contributed by atoms with Crippen LogP contribution in [0.3, 0.4) is 0 Å². The van der Waals surface area contributed by atoms with Crippen LogP contribution in [0.5, 0.6) is 0 Å². The Morgan fingerprint density at radius 2 is 1.64 bits per heavy atom. The summed E-state index contributed by atoms with van der Waals surface area (Å²) in [6.45, 7) is 6.90. The van der Waals surface area contributed by atoms with E-state index in [-0.39, 0.29) is 5.78 Å². The lowest BCUT2D eigenvalue weighted by atomic mass is 10.2. The van der Waals surface area contributed by atoms with E-state index in [1.54, 1.807) is 18.3 Å². The maximum atomic E-state index is 11.1. The van der Waals surface area contributed by atoms with Gasteiger partial charge in [0, 0.05) is 4.88 Å². The fraction of sp³-hybridized carbons (Fsp3) is 0.278. The predicted molar refractivity (Wildman–Crippen MR) is 99.4 cm³/mol. The van der Waals surface area contributed by atoms with Crippen LogP contribution in [0.25, 0.3) is 10.4 Å². The van der Waals surface area contributed by atoms with Gasteiger partial charge in [0.15, 0.2) is 5.78 Å². The van der Waals surface area contributed by atoms with E-state index in [0.717, 1.165) is 9.75 Å². The Morgan fingerprint density at radius 1 is 1.08 bits per heavy atom. The van der Waals surface area contributed by atoms with Crippen LogP contribution < -0.4 is 11.2 Å². The van der Waals surface area contributed by atoms with Crippen molar-refractivity contribution >= 4 is 28.9 Å². The Hall–Kier alpha value is -2.51. The van der Waals surface area contributed by atoms with Gasteiger partial charge in [-0.15, -0.1) is 11.3 Å². The molecule has 0 radical (unpaired) electrons. The van der Waals surface area contributed by atoms with Gasteiger partial charge in [0.05, 0.1) is 4.88 Å². The maximum Gasteiger partial charge on any atom is 0.255 e.